The molecule has 0 bridgehead atoms. The van der Waals surface area contributed by atoms with Crippen LogP contribution in [0.15, 0.2) is 16.6 Å². The SMILES string of the molecule is COc1cc(-c2cc(C(=O)O)nn2C)c(OC)c(Br)c1OC. The zero-order valence-electron chi connectivity index (χ0n) is 12.5. The highest BCUT2D eigenvalue weighted by atomic mass is 79.9. The van der Waals surface area contributed by atoms with Crippen molar-refractivity contribution >= 4 is 21.9 Å². The van der Waals surface area contributed by atoms with Gasteiger partial charge in [-0.1, -0.05) is 0 Å². The van der Waals surface area contributed by atoms with E-state index in [9.17, 15) is 4.79 Å². The van der Waals surface area contributed by atoms with E-state index in [-0.39, 0.29) is 5.69 Å². The summed E-state index contributed by atoms with van der Waals surface area (Å²) >= 11 is 3.43. The van der Waals surface area contributed by atoms with E-state index < -0.39 is 5.97 Å². The predicted octanol–water partition coefficient (Wildman–Crippen LogP) is 2.57. The van der Waals surface area contributed by atoms with E-state index in [1.54, 1.807) is 13.1 Å². The average Bonchev–Trinajstić information content (AvgIpc) is 2.88. The van der Waals surface area contributed by atoms with Crippen LogP contribution in [0.5, 0.6) is 17.2 Å². The van der Waals surface area contributed by atoms with Crippen molar-refractivity contribution in [3.05, 3.63) is 22.3 Å². The fourth-order valence-electron chi connectivity index (χ4n) is 2.15. The third kappa shape index (κ3) is 2.61. The first kappa shape index (κ1) is 16.2. The first-order valence-electron chi connectivity index (χ1n) is 6.20. The number of methoxy groups -OCH3 is 3. The van der Waals surface area contributed by atoms with Crippen LogP contribution >= 0.6 is 15.9 Å². The zero-order valence-corrected chi connectivity index (χ0v) is 14.1. The third-order valence-electron chi connectivity index (χ3n) is 3.15. The molecule has 0 aliphatic heterocycles. The van der Waals surface area contributed by atoms with Crippen molar-refractivity contribution in [1.29, 1.82) is 0 Å². The number of aromatic carboxylic acids is 1. The minimum Gasteiger partial charge on any atom is -0.495 e. The summed E-state index contributed by atoms with van der Waals surface area (Å²) < 4.78 is 18.1. The van der Waals surface area contributed by atoms with Crippen LogP contribution in [0.3, 0.4) is 0 Å². The molecule has 0 fully saturated rings. The van der Waals surface area contributed by atoms with E-state index in [1.165, 1.54) is 32.1 Å². The number of benzene rings is 1. The molecular weight excluding hydrogens is 356 g/mol. The van der Waals surface area contributed by atoms with Gasteiger partial charge in [0.1, 0.15) is 10.2 Å². The number of carboxylic acids is 1. The van der Waals surface area contributed by atoms with Gasteiger partial charge in [0, 0.05) is 12.6 Å². The van der Waals surface area contributed by atoms with Crippen LogP contribution in [-0.2, 0) is 7.05 Å². The van der Waals surface area contributed by atoms with Gasteiger partial charge in [-0.25, -0.2) is 4.79 Å². The Balaban J connectivity index is 2.74. The van der Waals surface area contributed by atoms with Crippen molar-refractivity contribution in [3.8, 4) is 28.5 Å². The fourth-order valence-corrected chi connectivity index (χ4v) is 2.88. The maximum atomic E-state index is 11.1. The summed E-state index contributed by atoms with van der Waals surface area (Å²) in [6, 6.07) is 3.18. The van der Waals surface area contributed by atoms with Crippen LogP contribution in [0, 0.1) is 0 Å². The Kier molecular flexibility index (Phi) is 4.60. The maximum absolute atomic E-state index is 11.1. The minimum atomic E-state index is -1.10. The van der Waals surface area contributed by atoms with Gasteiger partial charge < -0.3 is 19.3 Å². The molecule has 8 heteroatoms. The Bertz CT molecular complexity index is 727. The lowest BCUT2D eigenvalue weighted by Crippen LogP contribution is -2.01. The Hall–Kier alpha value is -2.22. The van der Waals surface area contributed by atoms with E-state index in [0.29, 0.717) is 33.0 Å². The molecule has 0 atom stereocenters. The summed E-state index contributed by atoms with van der Waals surface area (Å²) in [5.41, 5.74) is 1.16. The highest BCUT2D eigenvalue weighted by molar-refractivity contribution is 9.10. The Labute approximate surface area is 135 Å². The number of aryl methyl sites for hydroxylation is 1. The van der Waals surface area contributed by atoms with Crippen molar-refractivity contribution in [2.24, 2.45) is 7.05 Å². The third-order valence-corrected chi connectivity index (χ3v) is 3.87. The second-order valence-electron chi connectivity index (χ2n) is 4.35. The van der Waals surface area contributed by atoms with Crippen molar-refractivity contribution in [2.45, 2.75) is 0 Å². The molecule has 0 aliphatic carbocycles. The van der Waals surface area contributed by atoms with Gasteiger partial charge in [0.15, 0.2) is 17.2 Å². The van der Waals surface area contributed by atoms with Gasteiger partial charge in [-0.3, -0.25) is 4.68 Å². The summed E-state index contributed by atoms with van der Waals surface area (Å²) in [5, 5.41) is 13.0. The Morgan fingerprint density at radius 3 is 2.27 bits per heavy atom. The molecule has 0 saturated heterocycles. The van der Waals surface area contributed by atoms with Crippen molar-refractivity contribution in [2.75, 3.05) is 21.3 Å². The molecule has 0 radical (unpaired) electrons. The van der Waals surface area contributed by atoms with Gasteiger partial charge in [0.2, 0.25) is 0 Å². The van der Waals surface area contributed by atoms with Crippen LogP contribution in [0.25, 0.3) is 11.3 Å². The quantitative estimate of drug-likeness (QED) is 0.870. The standard InChI is InChI=1S/C14H15BrN2O5/c1-17-9(6-8(16-17)14(18)19)7-5-10(20-2)13(22-4)11(15)12(7)21-3/h5-6H,1-4H3,(H,18,19). The van der Waals surface area contributed by atoms with E-state index in [2.05, 4.69) is 21.0 Å². The number of carboxylic acid groups (broad SMARTS) is 1. The topological polar surface area (TPSA) is 82.8 Å². The second-order valence-corrected chi connectivity index (χ2v) is 5.14. The number of nitrogens with zero attached hydrogens (tertiary/aromatic N) is 2. The molecule has 0 unspecified atom stereocenters. The number of hydrogen-bond donors (Lipinski definition) is 1. The number of aromatic nitrogens is 2. The van der Waals surface area contributed by atoms with E-state index >= 15 is 0 Å². The molecule has 7 nitrogen and oxygen atoms in total. The second kappa shape index (κ2) is 6.27. The largest absolute Gasteiger partial charge is 0.495 e. The predicted molar refractivity (Wildman–Crippen MR) is 83.0 cm³/mol. The first-order valence-corrected chi connectivity index (χ1v) is 7.00. The molecule has 1 heterocycles. The Morgan fingerprint density at radius 2 is 1.82 bits per heavy atom. The maximum Gasteiger partial charge on any atom is 0.356 e. The molecule has 0 amide bonds. The smallest absolute Gasteiger partial charge is 0.356 e. The van der Waals surface area contributed by atoms with Gasteiger partial charge in [-0.2, -0.15) is 5.10 Å². The number of carbonyl (C=O) groups is 1. The minimum absolute atomic E-state index is 0.0505. The molecule has 1 aromatic carbocycles. The number of ether oxygens (including phenoxy) is 3. The molecule has 2 aromatic rings. The summed E-state index contributed by atoms with van der Waals surface area (Å²) in [4.78, 5) is 11.1. The van der Waals surface area contributed by atoms with Gasteiger partial charge >= 0.3 is 5.97 Å². The first-order chi connectivity index (χ1) is 10.4. The highest BCUT2D eigenvalue weighted by Crippen LogP contribution is 2.47. The number of rotatable bonds is 5. The molecule has 2 rings (SSSR count). The lowest BCUT2D eigenvalue weighted by atomic mass is 10.1. The van der Waals surface area contributed by atoms with Gasteiger partial charge in [-0.05, 0) is 28.1 Å². The molecule has 1 N–H and O–H groups in total. The van der Waals surface area contributed by atoms with Crippen LogP contribution < -0.4 is 14.2 Å². The summed E-state index contributed by atoms with van der Waals surface area (Å²) in [6.07, 6.45) is 0. The van der Waals surface area contributed by atoms with E-state index in [4.69, 9.17) is 19.3 Å². The number of hydrogen-bond acceptors (Lipinski definition) is 5. The van der Waals surface area contributed by atoms with Crippen molar-refractivity contribution < 1.29 is 24.1 Å². The van der Waals surface area contributed by atoms with Gasteiger partial charge in [-0.15, -0.1) is 0 Å². The van der Waals surface area contributed by atoms with Crippen molar-refractivity contribution in [3.63, 3.8) is 0 Å². The van der Waals surface area contributed by atoms with E-state index in [1.807, 2.05) is 0 Å². The Morgan fingerprint density at radius 1 is 1.18 bits per heavy atom. The molecule has 1 aromatic heterocycles. The molecule has 0 saturated carbocycles. The van der Waals surface area contributed by atoms with Crippen LogP contribution in [0.1, 0.15) is 10.5 Å². The normalized spacial score (nSPS) is 10.4. The van der Waals surface area contributed by atoms with Crippen LogP contribution in [0.4, 0.5) is 0 Å². The van der Waals surface area contributed by atoms with Gasteiger partial charge in [0.25, 0.3) is 0 Å². The molecule has 22 heavy (non-hydrogen) atoms. The summed E-state index contributed by atoms with van der Waals surface area (Å²) in [5.74, 6) is 0.380. The highest BCUT2D eigenvalue weighted by Gasteiger charge is 2.23. The van der Waals surface area contributed by atoms with E-state index in [0.717, 1.165) is 0 Å². The lowest BCUT2D eigenvalue weighted by molar-refractivity contribution is 0.0689. The molecular formula is C14H15BrN2O5. The number of halogens is 1. The average molecular weight is 371 g/mol. The summed E-state index contributed by atoms with van der Waals surface area (Å²) in [7, 11) is 6.22. The monoisotopic (exact) mass is 370 g/mol. The van der Waals surface area contributed by atoms with Crippen LogP contribution in [-0.4, -0.2) is 42.2 Å². The van der Waals surface area contributed by atoms with Crippen LogP contribution in [0.2, 0.25) is 0 Å². The molecule has 0 aliphatic rings. The molecule has 0 spiro atoms. The fraction of sp³-hybridized carbons (Fsp3) is 0.286. The lowest BCUT2D eigenvalue weighted by Gasteiger charge is -2.16. The molecule has 118 valence electrons. The van der Waals surface area contributed by atoms with Gasteiger partial charge in [0.05, 0.1) is 27.0 Å². The summed E-state index contributed by atoms with van der Waals surface area (Å²) in [6.45, 7) is 0. The van der Waals surface area contributed by atoms with Crippen molar-refractivity contribution in [1.82, 2.24) is 9.78 Å². The zero-order chi connectivity index (χ0) is 16.4.